The highest BCUT2D eigenvalue weighted by Gasteiger charge is 2.05. The van der Waals surface area contributed by atoms with Gasteiger partial charge in [-0.3, -0.25) is 0 Å². The highest BCUT2D eigenvalue weighted by Crippen LogP contribution is 2.19. The Hall–Kier alpha value is -1.06. The Labute approximate surface area is 104 Å². The molecular formula is C14H23NO2. The molecule has 1 unspecified atom stereocenters. The van der Waals surface area contributed by atoms with E-state index in [4.69, 9.17) is 9.47 Å². The molecular weight excluding hydrogens is 214 g/mol. The van der Waals surface area contributed by atoms with Crippen LogP contribution in [0, 0.1) is 0 Å². The highest BCUT2D eigenvalue weighted by molar-refractivity contribution is 5.33. The second-order valence-corrected chi connectivity index (χ2v) is 4.11. The quantitative estimate of drug-likeness (QED) is 0.705. The standard InChI is InChI=1S/C14H23NO2/c1-4-12(2)17-14-8-6-5-7-13(14)11-15-9-10-16-3/h5-8,12,15H,4,9-11H2,1-3H3. The van der Waals surface area contributed by atoms with E-state index in [-0.39, 0.29) is 6.10 Å². The summed E-state index contributed by atoms with van der Waals surface area (Å²) in [6.07, 6.45) is 1.28. The van der Waals surface area contributed by atoms with E-state index < -0.39 is 0 Å². The van der Waals surface area contributed by atoms with E-state index in [0.717, 1.165) is 31.9 Å². The number of methoxy groups -OCH3 is 1. The third kappa shape index (κ3) is 5.20. The second-order valence-electron chi connectivity index (χ2n) is 4.11. The van der Waals surface area contributed by atoms with Crippen LogP contribution in [-0.2, 0) is 11.3 Å². The Kier molecular flexibility index (Phi) is 6.67. The van der Waals surface area contributed by atoms with Crippen LogP contribution >= 0.6 is 0 Å². The molecule has 0 saturated heterocycles. The molecule has 0 fully saturated rings. The van der Waals surface area contributed by atoms with Gasteiger partial charge in [0.1, 0.15) is 5.75 Å². The van der Waals surface area contributed by atoms with E-state index in [1.807, 2.05) is 18.2 Å². The number of benzene rings is 1. The van der Waals surface area contributed by atoms with Gasteiger partial charge in [0.15, 0.2) is 0 Å². The number of hydrogen-bond acceptors (Lipinski definition) is 3. The average molecular weight is 237 g/mol. The summed E-state index contributed by atoms with van der Waals surface area (Å²) in [7, 11) is 1.71. The normalized spacial score (nSPS) is 12.4. The number of para-hydroxylation sites is 1. The molecule has 0 radical (unpaired) electrons. The Balaban J connectivity index is 2.51. The topological polar surface area (TPSA) is 30.5 Å². The maximum absolute atomic E-state index is 5.88. The maximum atomic E-state index is 5.88. The lowest BCUT2D eigenvalue weighted by atomic mass is 10.2. The van der Waals surface area contributed by atoms with Crippen molar-refractivity contribution in [3.8, 4) is 5.75 Å². The maximum Gasteiger partial charge on any atom is 0.124 e. The molecule has 0 aliphatic rings. The lowest BCUT2D eigenvalue weighted by Crippen LogP contribution is -2.19. The van der Waals surface area contributed by atoms with Gasteiger partial charge < -0.3 is 14.8 Å². The van der Waals surface area contributed by atoms with E-state index in [0.29, 0.717) is 0 Å². The van der Waals surface area contributed by atoms with Crippen molar-refractivity contribution in [2.24, 2.45) is 0 Å². The molecule has 3 nitrogen and oxygen atoms in total. The van der Waals surface area contributed by atoms with Gasteiger partial charge in [-0.25, -0.2) is 0 Å². The molecule has 3 heteroatoms. The molecule has 17 heavy (non-hydrogen) atoms. The molecule has 0 aromatic heterocycles. The Morgan fingerprint density at radius 1 is 1.29 bits per heavy atom. The van der Waals surface area contributed by atoms with E-state index >= 15 is 0 Å². The third-order valence-corrected chi connectivity index (χ3v) is 2.67. The van der Waals surface area contributed by atoms with E-state index in [1.165, 1.54) is 5.56 Å². The molecule has 0 aliphatic heterocycles. The van der Waals surface area contributed by atoms with Crippen LogP contribution in [0.3, 0.4) is 0 Å². The lowest BCUT2D eigenvalue weighted by molar-refractivity contribution is 0.198. The predicted octanol–water partition coefficient (Wildman–Crippen LogP) is 2.60. The number of rotatable bonds is 8. The van der Waals surface area contributed by atoms with Crippen LogP contribution in [0.15, 0.2) is 24.3 Å². The SMILES string of the molecule is CCC(C)Oc1ccccc1CNCCOC. The molecule has 96 valence electrons. The molecule has 1 atom stereocenters. The molecule has 0 bridgehead atoms. The minimum absolute atomic E-state index is 0.259. The van der Waals surface area contributed by atoms with Crippen molar-refractivity contribution in [3.05, 3.63) is 29.8 Å². The lowest BCUT2D eigenvalue weighted by Gasteiger charge is -2.16. The van der Waals surface area contributed by atoms with Gasteiger partial charge in [-0.2, -0.15) is 0 Å². The van der Waals surface area contributed by atoms with Crippen molar-refractivity contribution in [2.75, 3.05) is 20.3 Å². The summed E-state index contributed by atoms with van der Waals surface area (Å²) >= 11 is 0. The van der Waals surface area contributed by atoms with Crippen LogP contribution in [0.2, 0.25) is 0 Å². The molecule has 1 aromatic carbocycles. The fourth-order valence-electron chi connectivity index (χ4n) is 1.46. The van der Waals surface area contributed by atoms with E-state index in [1.54, 1.807) is 7.11 Å². The fraction of sp³-hybridized carbons (Fsp3) is 0.571. The third-order valence-electron chi connectivity index (χ3n) is 2.67. The van der Waals surface area contributed by atoms with Gasteiger partial charge in [-0.1, -0.05) is 25.1 Å². The minimum atomic E-state index is 0.259. The molecule has 1 aromatic rings. The molecule has 0 spiro atoms. The number of nitrogens with one attached hydrogen (secondary N) is 1. The summed E-state index contributed by atoms with van der Waals surface area (Å²) in [6.45, 7) is 6.62. The van der Waals surface area contributed by atoms with Crippen molar-refractivity contribution in [3.63, 3.8) is 0 Å². The van der Waals surface area contributed by atoms with Crippen LogP contribution in [-0.4, -0.2) is 26.4 Å². The van der Waals surface area contributed by atoms with Crippen LogP contribution in [0.5, 0.6) is 5.75 Å². The summed E-state index contributed by atoms with van der Waals surface area (Å²) < 4.78 is 10.9. The number of hydrogen-bond donors (Lipinski definition) is 1. The van der Waals surface area contributed by atoms with Crippen molar-refractivity contribution in [1.82, 2.24) is 5.32 Å². The smallest absolute Gasteiger partial charge is 0.124 e. The highest BCUT2D eigenvalue weighted by atomic mass is 16.5. The van der Waals surface area contributed by atoms with Crippen molar-refractivity contribution in [2.45, 2.75) is 32.9 Å². The van der Waals surface area contributed by atoms with Gasteiger partial charge >= 0.3 is 0 Å². The largest absolute Gasteiger partial charge is 0.490 e. The van der Waals surface area contributed by atoms with Gasteiger partial charge in [0.05, 0.1) is 12.7 Å². The van der Waals surface area contributed by atoms with Gasteiger partial charge in [0, 0.05) is 25.8 Å². The summed E-state index contributed by atoms with van der Waals surface area (Å²) in [5.74, 6) is 0.978. The van der Waals surface area contributed by atoms with Gasteiger partial charge in [0.25, 0.3) is 0 Å². The Morgan fingerprint density at radius 3 is 2.76 bits per heavy atom. The van der Waals surface area contributed by atoms with Crippen LogP contribution in [0.4, 0.5) is 0 Å². The first-order valence-electron chi connectivity index (χ1n) is 6.22. The van der Waals surface area contributed by atoms with E-state index in [9.17, 15) is 0 Å². The fourth-order valence-corrected chi connectivity index (χ4v) is 1.46. The molecule has 1 N–H and O–H groups in total. The second kappa shape index (κ2) is 8.09. The van der Waals surface area contributed by atoms with E-state index in [2.05, 4.69) is 25.2 Å². The molecule has 0 amide bonds. The summed E-state index contributed by atoms with van der Waals surface area (Å²) in [4.78, 5) is 0. The first-order valence-corrected chi connectivity index (χ1v) is 6.22. The van der Waals surface area contributed by atoms with Crippen molar-refractivity contribution < 1.29 is 9.47 Å². The minimum Gasteiger partial charge on any atom is -0.490 e. The van der Waals surface area contributed by atoms with Crippen LogP contribution < -0.4 is 10.1 Å². The molecule has 0 aliphatic carbocycles. The Bertz CT molecular complexity index is 315. The zero-order chi connectivity index (χ0) is 12.5. The number of ether oxygens (including phenoxy) is 2. The Morgan fingerprint density at radius 2 is 2.06 bits per heavy atom. The zero-order valence-electron chi connectivity index (χ0n) is 11.0. The molecule has 0 heterocycles. The van der Waals surface area contributed by atoms with Gasteiger partial charge in [-0.05, 0) is 19.4 Å². The first kappa shape index (κ1) is 14.0. The van der Waals surface area contributed by atoms with Crippen LogP contribution in [0.25, 0.3) is 0 Å². The first-order chi connectivity index (χ1) is 8.27. The summed E-state index contributed by atoms with van der Waals surface area (Å²) in [5, 5.41) is 3.33. The van der Waals surface area contributed by atoms with Crippen molar-refractivity contribution >= 4 is 0 Å². The average Bonchev–Trinajstić information content (AvgIpc) is 2.36. The van der Waals surface area contributed by atoms with Crippen molar-refractivity contribution in [1.29, 1.82) is 0 Å². The summed E-state index contributed by atoms with van der Waals surface area (Å²) in [5.41, 5.74) is 1.20. The molecule has 0 saturated carbocycles. The monoisotopic (exact) mass is 237 g/mol. The van der Waals surface area contributed by atoms with Gasteiger partial charge in [-0.15, -0.1) is 0 Å². The summed E-state index contributed by atoms with van der Waals surface area (Å²) in [6, 6.07) is 8.17. The predicted molar refractivity (Wildman–Crippen MR) is 70.4 cm³/mol. The zero-order valence-corrected chi connectivity index (χ0v) is 11.0. The van der Waals surface area contributed by atoms with Crippen LogP contribution in [0.1, 0.15) is 25.8 Å². The van der Waals surface area contributed by atoms with Gasteiger partial charge in [0.2, 0.25) is 0 Å². The molecule has 1 rings (SSSR count).